The Hall–Kier alpha value is -3.94. The monoisotopic (exact) mass is 435 g/mol. The van der Waals surface area contributed by atoms with Gasteiger partial charge in [-0.1, -0.05) is 29.8 Å². The molecule has 0 spiro atoms. The van der Waals surface area contributed by atoms with Crippen LogP contribution in [0.4, 0.5) is 0 Å². The molecule has 0 aliphatic carbocycles. The van der Waals surface area contributed by atoms with Gasteiger partial charge in [0.25, 0.3) is 5.91 Å². The van der Waals surface area contributed by atoms with E-state index in [4.69, 9.17) is 14.2 Å². The third-order valence-electron chi connectivity index (χ3n) is 4.59. The quantitative estimate of drug-likeness (QED) is 0.385. The van der Waals surface area contributed by atoms with Crippen LogP contribution in [0.3, 0.4) is 0 Å². The van der Waals surface area contributed by atoms with Crippen LogP contribution < -0.4 is 19.5 Å². The summed E-state index contributed by atoms with van der Waals surface area (Å²) < 4.78 is 16.2. The minimum atomic E-state index is -0.313. The van der Waals surface area contributed by atoms with Gasteiger partial charge in [0.05, 0.1) is 19.3 Å². The summed E-state index contributed by atoms with van der Waals surface area (Å²) in [6.07, 6.45) is 0. The van der Waals surface area contributed by atoms with Crippen molar-refractivity contribution < 1.29 is 23.8 Å². The first kappa shape index (κ1) is 22.7. The summed E-state index contributed by atoms with van der Waals surface area (Å²) >= 11 is 0. The summed E-state index contributed by atoms with van der Waals surface area (Å²) in [5.41, 5.74) is 3.42. The highest BCUT2D eigenvalue weighted by molar-refractivity contribution is 5.94. The molecule has 3 aromatic rings. The number of aryl methyl sites for hydroxylation is 1. The summed E-state index contributed by atoms with van der Waals surface area (Å²) in [5.74, 6) is 0.755. The number of carbonyl (C=O) groups excluding carboxylic acids is 2. The largest absolute Gasteiger partial charge is 0.493 e. The lowest BCUT2D eigenvalue weighted by Gasteiger charge is -2.12. The van der Waals surface area contributed by atoms with Crippen LogP contribution in [0.1, 0.15) is 22.8 Å². The molecule has 0 bridgehead atoms. The Morgan fingerprint density at radius 1 is 0.938 bits per heavy atom. The molecule has 3 rings (SSSR count). The first-order valence-corrected chi connectivity index (χ1v) is 10.1. The number of aromatic nitrogens is 2. The van der Waals surface area contributed by atoms with Crippen molar-refractivity contribution in [3.63, 3.8) is 0 Å². The smallest absolute Gasteiger partial charge is 0.258 e. The normalized spacial score (nSPS) is 10.3. The van der Waals surface area contributed by atoms with E-state index in [1.807, 2.05) is 37.3 Å². The Kier molecular flexibility index (Phi) is 7.75. The van der Waals surface area contributed by atoms with Gasteiger partial charge in [0.2, 0.25) is 5.88 Å². The van der Waals surface area contributed by atoms with Crippen molar-refractivity contribution in [2.24, 2.45) is 0 Å². The molecule has 8 heteroatoms. The summed E-state index contributed by atoms with van der Waals surface area (Å²) in [5, 5.41) is 10.9. The Labute approximate surface area is 186 Å². The zero-order chi connectivity index (χ0) is 22.9. The van der Waals surface area contributed by atoms with Gasteiger partial charge in [-0.15, -0.1) is 10.2 Å². The number of ketones is 1. The molecule has 1 aromatic heterocycles. The van der Waals surface area contributed by atoms with Crippen LogP contribution in [0.15, 0.2) is 54.6 Å². The predicted molar refractivity (Wildman–Crippen MR) is 119 cm³/mol. The van der Waals surface area contributed by atoms with Crippen molar-refractivity contribution in [3.8, 4) is 28.6 Å². The summed E-state index contributed by atoms with van der Waals surface area (Å²) in [4.78, 5) is 23.5. The number of rotatable bonds is 10. The highest BCUT2D eigenvalue weighted by Crippen LogP contribution is 2.28. The van der Waals surface area contributed by atoms with E-state index in [0.717, 1.165) is 11.3 Å². The molecular formula is C24H25N3O5. The van der Waals surface area contributed by atoms with Crippen LogP contribution in [-0.2, 0) is 4.79 Å². The van der Waals surface area contributed by atoms with E-state index in [9.17, 15) is 9.59 Å². The minimum Gasteiger partial charge on any atom is -0.493 e. The average Bonchev–Trinajstić information content (AvgIpc) is 2.81. The van der Waals surface area contributed by atoms with E-state index in [-0.39, 0.29) is 31.4 Å². The van der Waals surface area contributed by atoms with Crippen LogP contribution in [0.25, 0.3) is 11.3 Å². The SMILES string of the molecule is COc1cc(C(C)=O)ccc1OCC(=O)NCCOc1ccc(-c2ccc(C)cc2)nn1. The van der Waals surface area contributed by atoms with E-state index in [1.54, 1.807) is 24.3 Å². The van der Waals surface area contributed by atoms with Crippen molar-refractivity contribution in [1.29, 1.82) is 0 Å². The predicted octanol–water partition coefficient (Wildman–Crippen LogP) is 3.24. The second-order valence-corrected chi connectivity index (χ2v) is 7.03. The molecule has 1 amide bonds. The van der Waals surface area contributed by atoms with Crippen LogP contribution in [0.2, 0.25) is 0 Å². The number of nitrogens with zero attached hydrogens (tertiary/aromatic N) is 2. The van der Waals surface area contributed by atoms with Crippen LogP contribution in [-0.4, -0.2) is 48.8 Å². The highest BCUT2D eigenvalue weighted by atomic mass is 16.5. The lowest BCUT2D eigenvalue weighted by Crippen LogP contribution is -2.32. The van der Waals surface area contributed by atoms with Gasteiger partial charge in [-0.2, -0.15) is 0 Å². The van der Waals surface area contributed by atoms with E-state index in [0.29, 0.717) is 22.9 Å². The maximum atomic E-state index is 12.0. The number of amides is 1. The molecule has 0 aliphatic rings. The molecule has 2 aromatic carbocycles. The van der Waals surface area contributed by atoms with Crippen molar-refractivity contribution in [2.45, 2.75) is 13.8 Å². The first-order valence-electron chi connectivity index (χ1n) is 10.1. The number of hydrogen-bond donors (Lipinski definition) is 1. The zero-order valence-electron chi connectivity index (χ0n) is 18.3. The molecule has 166 valence electrons. The lowest BCUT2D eigenvalue weighted by atomic mass is 10.1. The average molecular weight is 435 g/mol. The summed E-state index contributed by atoms with van der Waals surface area (Å²) in [6.45, 7) is 3.82. The van der Waals surface area contributed by atoms with Gasteiger partial charge >= 0.3 is 0 Å². The number of nitrogens with one attached hydrogen (secondary N) is 1. The van der Waals surface area contributed by atoms with E-state index in [2.05, 4.69) is 15.5 Å². The standard InChI is InChI=1S/C24H25N3O5/c1-16-4-6-18(7-5-16)20-9-11-24(27-26-20)31-13-12-25-23(29)15-32-21-10-8-19(17(2)28)14-22(21)30-3/h4-11,14H,12-13,15H2,1-3H3,(H,25,29). The van der Waals surface area contributed by atoms with Gasteiger partial charge in [0.15, 0.2) is 23.9 Å². The number of benzene rings is 2. The topological polar surface area (TPSA) is 99.6 Å². The molecule has 0 unspecified atom stereocenters. The Morgan fingerprint density at radius 2 is 1.72 bits per heavy atom. The first-order chi connectivity index (χ1) is 15.5. The highest BCUT2D eigenvalue weighted by Gasteiger charge is 2.10. The number of Topliss-reactive ketones (excluding diaryl/α,β-unsaturated/α-hetero) is 1. The van der Waals surface area contributed by atoms with Crippen LogP contribution >= 0.6 is 0 Å². The van der Waals surface area contributed by atoms with Crippen molar-refractivity contribution in [2.75, 3.05) is 26.9 Å². The number of carbonyl (C=O) groups is 2. The van der Waals surface area contributed by atoms with Gasteiger partial charge in [-0.3, -0.25) is 9.59 Å². The molecule has 1 heterocycles. The van der Waals surface area contributed by atoms with Crippen LogP contribution in [0, 0.1) is 6.92 Å². The van der Waals surface area contributed by atoms with E-state index < -0.39 is 0 Å². The second-order valence-electron chi connectivity index (χ2n) is 7.03. The Bertz CT molecular complexity index is 1070. The van der Waals surface area contributed by atoms with Crippen molar-refractivity contribution in [1.82, 2.24) is 15.5 Å². The summed E-state index contributed by atoms with van der Waals surface area (Å²) in [7, 11) is 1.47. The molecule has 0 fully saturated rings. The van der Waals surface area contributed by atoms with Gasteiger partial charge < -0.3 is 19.5 Å². The van der Waals surface area contributed by atoms with E-state index in [1.165, 1.54) is 19.6 Å². The van der Waals surface area contributed by atoms with Gasteiger partial charge in [0, 0.05) is 17.2 Å². The molecule has 32 heavy (non-hydrogen) atoms. The molecule has 1 N–H and O–H groups in total. The third kappa shape index (κ3) is 6.28. The molecule has 8 nitrogen and oxygen atoms in total. The van der Waals surface area contributed by atoms with Crippen molar-refractivity contribution in [3.05, 3.63) is 65.7 Å². The molecular weight excluding hydrogens is 410 g/mol. The van der Waals surface area contributed by atoms with Gasteiger partial charge in [-0.25, -0.2) is 0 Å². The zero-order valence-corrected chi connectivity index (χ0v) is 18.3. The van der Waals surface area contributed by atoms with Crippen LogP contribution in [0.5, 0.6) is 17.4 Å². The third-order valence-corrected chi connectivity index (χ3v) is 4.59. The molecule has 0 atom stereocenters. The second kappa shape index (κ2) is 10.9. The van der Waals surface area contributed by atoms with Gasteiger partial charge in [-0.05, 0) is 38.1 Å². The Balaban J connectivity index is 1.41. The summed E-state index contributed by atoms with van der Waals surface area (Å²) in [6, 6.07) is 16.4. The molecule has 0 radical (unpaired) electrons. The molecule has 0 saturated carbocycles. The Morgan fingerprint density at radius 3 is 2.38 bits per heavy atom. The number of ether oxygens (including phenoxy) is 3. The van der Waals surface area contributed by atoms with Crippen molar-refractivity contribution >= 4 is 11.7 Å². The van der Waals surface area contributed by atoms with Gasteiger partial charge in [0.1, 0.15) is 6.61 Å². The fourth-order valence-corrected chi connectivity index (χ4v) is 2.82. The minimum absolute atomic E-state index is 0.0814. The molecule has 0 aliphatic heterocycles. The van der Waals surface area contributed by atoms with E-state index >= 15 is 0 Å². The fourth-order valence-electron chi connectivity index (χ4n) is 2.82. The number of methoxy groups -OCH3 is 1. The maximum absolute atomic E-state index is 12.0. The number of hydrogen-bond acceptors (Lipinski definition) is 7. The lowest BCUT2D eigenvalue weighted by molar-refractivity contribution is -0.123. The fraction of sp³-hybridized carbons (Fsp3) is 0.250. The maximum Gasteiger partial charge on any atom is 0.258 e. The molecule has 0 saturated heterocycles.